The van der Waals surface area contributed by atoms with E-state index in [0.717, 1.165) is 5.56 Å². The van der Waals surface area contributed by atoms with E-state index in [-0.39, 0.29) is 6.42 Å². The molecule has 0 fully saturated rings. The third-order valence-corrected chi connectivity index (χ3v) is 1.50. The molecule has 0 radical (unpaired) electrons. The van der Waals surface area contributed by atoms with E-state index in [4.69, 9.17) is 10.8 Å². The van der Waals surface area contributed by atoms with Crippen molar-refractivity contribution in [2.45, 2.75) is 13.3 Å². The first kappa shape index (κ1) is 10.1. The lowest BCUT2D eigenvalue weighted by atomic mass is 10.2. The van der Waals surface area contributed by atoms with Gasteiger partial charge < -0.3 is 10.8 Å². The van der Waals surface area contributed by atoms with Gasteiger partial charge in [0.05, 0.1) is 5.69 Å². The number of carboxylic acids is 1. The molecule has 0 unspecified atom stereocenters. The van der Waals surface area contributed by atoms with Crippen LogP contribution in [0.4, 0.5) is 5.69 Å². The monoisotopic (exact) mass is 190 g/mol. The van der Waals surface area contributed by atoms with E-state index < -0.39 is 5.97 Å². The predicted octanol–water partition coefficient (Wildman–Crippen LogP) is 0.798. The molecule has 0 saturated carbocycles. The molecule has 1 aromatic rings. The van der Waals surface area contributed by atoms with Gasteiger partial charge in [0.25, 0.3) is 0 Å². The van der Waals surface area contributed by atoms with Gasteiger partial charge in [-0.2, -0.15) is 0 Å². The highest BCUT2D eigenvalue weighted by molar-refractivity contribution is 5.70. The number of carbonyl (C=O) groups is 1. The third-order valence-electron chi connectivity index (χ3n) is 1.50. The fourth-order valence-corrected chi connectivity index (χ4v) is 0.900. The summed E-state index contributed by atoms with van der Waals surface area (Å²) < 4.78 is 0. The molecule has 0 atom stereocenters. The van der Waals surface area contributed by atoms with Crippen molar-refractivity contribution in [2.75, 3.05) is 5.73 Å². The Morgan fingerprint density at radius 2 is 2.43 bits per heavy atom. The molecule has 1 heterocycles. The van der Waals surface area contributed by atoms with Crippen molar-refractivity contribution in [1.29, 1.82) is 0 Å². The summed E-state index contributed by atoms with van der Waals surface area (Å²) in [5.74, 6) is 4.12. The zero-order chi connectivity index (χ0) is 10.6. The first-order valence-corrected chi connectivity index (χ1v) is 4.02. The standard InChI is InChI=1S/C10H10N2O2/c1-7-5-8(11)9(12-6-7)3-2-4-10(13)14/h5-6H,4,11H2,1H3,(H,13,14). The molecular weight excluding hydrogens is 180 g/mol. The molecule has 4 nitrogen and oxygen atoms in total. The Morgan fingerprint density at radius 3 is 3.00 bits per heavy atom. The van der Waals surface area contributed by atoms with Gasteiger partial charge in [-0.05, 0) is 24.5 Å². The van der Waals surface area contributed by atoms with Crippen molar-refractivity contribution < 1.29 is 9.90 Å². The molecule has 0 amide bonds. The van der Waals surface area contributed by atoms with Crippen molar-refractivity contribution in [3.63, 3.8) is 0 Å². The molecule has 0 aromatic carbocycles. The Kier molecular flexibility index (Phi) is 3.08. The van der Waals surface area contributed by atoms with E-state index >= 15 is 0 Å². The zero-order valence-corrected chi connectivity index (χ0v) is 7.74. The minimum Gasteiger partial charge on any atom is -0.481 e. The molecule has 72 valence electrons. The maximum Gasteiger partial charge on any atom is 0.315 e. The summed E-state index contributed by atoms with van der Waals surface area (Å²) in [6.45, 7) is 1.87. The summed E-state index contributed by atoms with van der Waals surface area (Å²) in [5.41, 5.74) is 7.48. The van der Waals surface area contributed by atoms with Gasteiger partial charge in [0.15, 0.2) is 0 Å². The van der Waals surface area contributed by atoms with Crippen molar-refractivity contribution in [1.82, 2.24) is 4.98 Å². The van der Waals surface area contributed by atoms with Gasteiger partial charge in [0, 0.05) is 6.20 Å². The molecule has 1 rings (SSSR count). The van der Waals surface area contributed by atoms with Crippen LogP contribution in [0.2, 0.25) is 0 Å². The molecule has 0 aliphatic rings. The summed E-state index contributed by atoms with van der Waals surface area (Å²) >= 11 is 0. The van der Waals surface area contributed by atoms with Crippen molar-refractivity contribution in [2.24, 2.45) is 0 Å². The van der Waals surface area contributed by atoms with E-state index in [1.165, 1.54) is 0 Å². The molecule has 0 saturated heterocycles. The van der Waals surface area contributed by atoms with Crippen LogP contribution in [-0.2, 0) is 4.79 Å². The lowest BCUT2D eigenvalue weighted by Crippen LogP contribution is -1.95. The number of carboxylic acid groups (broad SMARTS) is 1. The predicted molar refractivity (Wildman–Crippen MR) is 52.5 cm³/mol. The van der Waals surface area contributed by atoms with E-state index in [0.29, 0.717) is 11.4 Å². The number of hydrogen-bond donors (Lipinski definition) is 2. The number of rotatable bonds is 1. The normalized spacial score (nSPS) is 8.93. The van der Waals surface area contributed by atoms with E-state index in [9.17, 15) is 4.79 Å². The van der Waals surface area contributed by atoms with Crippen LogP contribution in [0.1, 0.15) is 17.7 Å². The molecule has 0 aliphatic carbocycles. The van der Waals surface area contributed by atoms with Gasteiger partial charge in [0.1, 0.15) is 12.1 Å². The van der Waals surface area contributed by atoms with Crippen LogP contribution < -0.4 is 5.73 Å². The second kappa shape index (κ2) is 4.28. The highest BCUT2D eigenvalue weighted by Gasteiger charge is 1.96. The molecule has 3 N–H and O–H groups in total. The Hall–Kier alpha value is -2.02. The fourth-order valence-electron chi connectivity index (χ4n) is 0.900. The highest BCUT2D eigenvalue weighted by Crippen LogP contribution is 2.08. The number of nitrogens with two attached hydrogens (primary N) is 1. The fraction of sp³-hybridized carbons (Fsp3) is 0.200. The van der Waals surface area contributed by atoms with Crippen molar-refractivity contribution >= 4 is 11.7 Å². The molecule has 1 aromatic heterocycles. The Balaban J connectivity index is 2.85. The Bertz CT molecular complexity index is 416. The molecule has 0 bridgehead atoms. The maximum atomic E-state index is 10.2. The third kappa shape index (κ3) is 2.79. The smallest absolute Gasteiger partial charge is 0.315 e. The number of anilines is 1. The molecule has 4 heteroatoms. The number of aryl methyl sites for hydroxylation is 1. The van der Waals surface area contributed by atoms with E-state index in [2.05, 4.69) is 16.8 Å². The number of aromatic nitrogens is 1. The van der Waals surface area contributed by atoms with Gasteiger partial charge in [-0.25, -0.2) is 4.98 Å². The second-order valence-electron chi connectivity index (χ2n) is 2.82. The quantitative estimate of drug-likeness (QED) is 0.642. The van der Waals surface area contributed by atoms with Crippen LogP contribution >= 0.6 is 0 Å². The second-order valence-corrected chi connectivity index (χ2v) is 2.82. The summed E-state index contributed by atoms with van der Waals surface area (Å²) in [6.07, 6.45) is 1.44. The van der Waals surface area contributed by atoms with Crippen molar-refractivity contribution in [3.8, 4) is 11.8 Å². The van der Waals surface area contributed by atoms with Gasteiger partial charge in [-0.1, -0.05) is 5.92 Å². The first-order chi connectivity index (χ1) is 6.59. The Labute approximate surface area is 81.8 Å². The van der Waals surface area contributed by atoms with Crippen molar-refractivity contribution in [3.05, 3.63) is 23.5 Å². The van der Waals surface area contributed by atoms with E-state index in [1.54, 1.807) is 12.3 Å². The topological polar surface area (TPSA) is 76.2 Å². The van der Waals surface area contributed by atoms with Gasteiger partial charge in [-0.3, -0.25) is 4.79 Å². The number of nitrogens with zero attached hydrogens (tertiary/aromatic N) is 1. The van der Waals surface area contributed by atoms with Crippen LogP contribution in [-0.4, -0.2) is 16.1 Å². The molecule has 14 heavy (non-hydrogen) atoms. The minimum absolute atomic E-state index is 0.199. The number of pyridine rings is 1. The number of hydrogen-bond acceptors (Lipinski definition) is 3. The summed E-state index contributed by atoms with van der Waals surface area (Å²) in [6, 6.07) is 1.75. The lowest BCUT2D eigenvalue weighted by Gasteiger charge is -1.97. The highest BCUT2D eigenvalue weighted by atomic mass is 16.4. The average Bonchev–Trinajstić information content (AvgIpc) is 2.08. The van der Waals surface area contributed by atoms with E-state index in [1.807, 2.05) is 6.92 Å². The van der Waals surface area contributed by atoms with Gasteiger partial charge in [-0.15, -0.1) is 0 Å². The Morgan fingerprint density at radius 1 is 1.71 bits per heavy atom. The summed E-state index contributed by atoms with van der Waals surface area (Å²) in [5, 5.41) is 8.35. The lowest BCUT2D eigenvalue weighted by molar-refractivity contribution is -0.135. The SMILES string of the molecule is Cc1cnc(C#CCC(=O)O)c(N)c1. The first-order valence-electron chi connectivity index (χ1n) is 4.02. The van der Waals surface area contributed by atoms with Crippen LogP contribution in [0, 0.1) is 18.8 Å². The van der Waals surface area contributed by atoms with Crippen LogP contribution in [0.5, 0.6) is 0 Å². The van der Waals surface area contributed by atoms with Crippen LogP contribution in [0.3, 0.4) is 0 Å². The molecule has 0 spiro atoms. The number of nitrogen functional groups attached to an aromatic ring is 1. The summed E-state index contributed by atoms with van der Waals surface area (Å²) in [7, 11) is 0. The van der Waals surface area contributed by atoms with Gasteiger partial charge >= 0.3 is 5.97 Å². The van der Waals surface area contributed by atoms with Crippen LogP contribution in [0.25, 0.3) is 0 Å². The van der Waals surface area contributed by atoms with Gasteiger partial charge in [0.2, 0.25) is 0 Å². The summed E-state index contributed by atoms with van der Waals surface area (Å²) in [4.78, 5) is 14.2. The average molecular weight is 190 g/mol. The minimum atomic E-state index is -0.955. The zero-order valence-electron chi connectivity index (χ0n) is 7.74. The molecule has 0 aliphatic heterocycles. The molecular formula is C10H10N2O2. The largest absolute Gasteiger partial charge is 0.481 e. The maximum absolute atomic E-state index is 10.2. The van der Waals surface area contributed by atoms with Crippen LogP contribution in [0.15, 0.2) is 12.3 Å². The number of aliphatic carboxylic acids is 1.